The highest BCUT2D eigenvalue weighted by molar-refractivity contribution is 5.85. The third-order valence-electron chi connectivity index (χ3n) is 3.34. The lowest BCUT2D eigenvalue weighted by Gasteiger charge is -2.02. The topological polar surface area (TPSA) is 88.0 Å². The molecule has 114 valence electrons. The van der Waals surface area contributed by atoms with E-state index in [0.29, 0.717) is 0 Å². The molecule has 2 aromatic rings. The van der Waals surface area contributed by atoms with Crippen molar-refractivity contribution in [2.75, 3.05) is 0 Å². The van der Waals surface area contributed by atoms with Crippen LogP contribution in [0.2, 0.25) is 0 Å². The lowest BCUT2D eigenvalue weighted by atomic mass is 10.2. The van der Waals surface area contributed by atoms with Crippen molar-refractivity contribution in [2.24, 2.45) is 0 Å². The second-order valence-corrected chi connectivity index (χ2v) is 4.93. The van der Waals surface area contributed by atoms with Gasteiger partial charge < -0.3 is 19.8 Å². The van der Waals surface area contributed by atoms with E-state index in [1.165, 1.54) is 24.3 Å². The Kier molecular flexibility index (Phi) is 5.19. The van der Waals surface area contributed by atoms with Gasteiger partial charge in [0.15, 0.2) is 24.8 Å². The molecule has 0 aromatic carbocycles. The summed E-state index contributed by atoms with van der Waals surface area (Å²) in [6.07, 6.45) is 8.70. The van der Waals surface area contributed by atoms with Gasteiger partial charge in [-0.25, -0.2) is 9.13 Å². The first-order valence-electron chi connectivity index (χ1n) is 6.97. The number of rotatable bonds is 7. The van der Waals surface area contributed by atoms with E-state index in [0.717, 1.165) is 25.9 Å². The van der Waals surface area contributed by atoms with Gasteiger partial charge in [0.2, 0.25) is 0 Å². The number of aromatic nitrogens is 2. The highest BCUT2D eigenvalue weighted by atomic mass is 16.4. The molecule has 2 heterocycles. The van der Waals surface area contributed by atoms with Crippen LogP contribution in [0.5, 0.6) is 0 Å². The van der Waals surface area contributed by atoms with Gasteiger partial charge in [-0.1, -0.05) is 0 Å². The van der Waals surface area contributed by atoms with Crippen LogP contribution in [0.3, 0.4) is 0 Å². The average molecular weight is 300 g/mol. The quantitative estimate of drug-likeness (QED) is 0.458. The van der Waals surface area contributed by atoms with Gasteiger partial charge in [0.05, 0.1) is 11.9 Å². The fourth-order valence-electron chi connectivity index (χ4n) is 2.07. The first kappa shape index (κ1) is 15.6. The minimum atomic E-state index is -1.18. The molecule has 0 aliphatic heterocycles. The maximum Gasteiger partial charge on any atom is 0.169 e. The summed E-state index contributed by atoms with van der Waals surface area (Å²) < 4.78 is 3.83. The van der Waals surface area contributed by atoms with Crippen LogP contribution in [-0.4, -0.2) is 11.9 Å². The van der Waals surface area contributed by atoms with Crippen LogP contribution < -0.4 is 19.3 Å². The van der Waals surface area contributed by atoms with Crippen molar-refractivity contribution in [2.45, 2.75) is 25.9 Å². The van der Waals surface area contributed by atoms with Crippen molar-refractivity contribution in [3.8, 4) is 0 Å². The molecule has 0 bridgehead atoms. The molecule has 0 fully saturated rings. The number of hydrogen-bond donors (Lipinski definition) is 0. The molecular formula is C16H16N2O4. The van der Waals surface area contributed by atoms with E-state index < -0.39 is 11.9 Å². The van der Waals surface area contributed by atoms with Crippen LogP contribution in [0.4, 0.5) is 0 Å². The standard InChI is InChI=1S/C16H16N2O4/c19-15(20)13-3-9-17(10-4-13)7-1-2-8-18-11-5-14(6-12-18)16(21)22/h3-6,9-12H,1-2,7-8H2. The SMILES string of the molecule is O=C([O-])c1cc[n+](CCCC[n+]2ccc(C(=O)[O-])cc2)cc1. The summed E-state index contributed by atoms with van der Waals surface area (Å²) in [6.45, 7) is 1.57. The predicted molar refractivity (Wildman–Crippen MR) is 71.2 cm³/mol. The van der Waals surface area contributed by atoms with Gasteiger partial charge in [0.1, 0.15) is 13.1 Å². The van der Waals surface area contributed by atoms with E-state index in [-0.39, 0.29) is 11.1 Å². The number of carboxylic acid groups (broad SMARTS) is 2. The summed E-state index contributed by atoms with van der Waals surface area (Å²) in [6, 6.07) is 6.07. The Morgan fingerprint density at radius 2 is 1.05 bits per heavy atom. The highest BCUT2D eigenvalue weighted by Crippen LogP contribution is 1.96. The number of carboxylic acids is 2. The van der Waals surface area contributed by atoms with Crippen molar-refractivity contribution >= 4 is 11.9 Å². The Morgan fingerprint density at radius 1 is 0.727 bits per heavy atom. The third kappa shape index (κ3) is 4.37. The summed E-state index contributed by atoms with van der Waals surface area (Å²) >= 11 is 0. The molecule has 0 spiro atoms. The van der Waals surface area contributed by atoms with Crippen LogP contribution in [0.15, 0.2) is 49.1 Å². The minimum absolute atomic E-state index is 0.166. The van der Waals surface area contributed by atoms with Gasteiger partial charge in [-0.15, -0.1) is 0 Å². The van der Waals surface area contributed by atoms with E-state index >= 15 is 0 Å². The van der Waals surface area contributed by atoms with E-state index in [9.17, 15) is 19.8 Å². The van der Waals surface area contributed by atoms with Gasteiger partial charge in [-0.2, -0.15) is 0 Å². The number of aromatic carboxylic acids is 2. The van der Waals surface area contributed by atoms with Crippen LogP contribution in [-0.2, 0) is 13.1 Å². The largest absolute Gasteiger partial charge is 0.545 e. The lowest BCUT2D eigenvalue weighted by Crippen LogP contribution is -2.36. The Hall–Kier alpha value is -2.76. The molecule has 0 amide bonds. The van der Waals surface area contributed by atoms with Gasteiger partial charge >= 0.3 is 0 Å². The van der Waals surface area contributed by atoms with E-state index in [1.807, 2.05) is 9.13 Å². The molecule has 0 saturated heterocycles. The first-order chi connectivity index (χ1) is 10.6. The van der Waals surface area contributed by atoms with E-state index in [1.54, 1.807) is 24.8 Å². The number of aryl methyl sites for hydroxylation is 2. The molecule has 2 rings (SSSR count). The zero-order chi connectivity index (χ0) is 15.9. The van der Waals surface area contributed by atoms with E-state index in [4.69, 9.17) is 0 Å². The molecule has 0 atom stereocenters. The molecule has 0 aliphatic carbocycles. The maximum atomic E-state index is 10.6. The summed E-state index contributed by atoms with van der Waals surface area (Å²) in [5.74, 6) is -2.35. The van der Waals surface area contributed by atoms with Crippen molar-refractivity contribution in [1.29, 1.82) is 0 Å². The zero-order valence-electron chi connectivity index (χ0n) is 12.0. The number of nitrogens with zero attached hydrogens (tertiary/aromatic N) is 2. The second-order valence-electron chi connectivity index (χ2n) is 4.93. The molecule has 0 unspecified atom stereocenters. The van der Waals surface area contributed by atoms with Crippen molar-refractivity contribution in [3.63, 3.8) is 0 Å². The Morgan fingerprint density at radius 3 is 1.32 bits per heavy atom. The lowest BCUT2D eigenvalue weighted by molar-refractivity contribution is -0.708. The normalized spacial score (nSPS) is 10.4. The predicted octanol–water partition coefficient (Wildman–Crippen LogP) is -1.53. The van der Waals surface area contributed by atoms with E-state index in [2.05, 4.69) is 0 Å². The summed E-state index contributed by atoms with van der Waals surface area (Å²) in [5.41, 5.74) is 0.333. The number of unbranched alkanes of at least 4 members (excludes halogenated alkanes) is 1. The van der Waals surface area contributed by atoms with Crippen LogP contribution >= 0.6 is 0 Å². The number of pyridine rings is 2. The monoisotopic (exact) mass is 300 g/mol. The molecule has 6 heteroatoms. The Balaban J connectivity index is 1.77. The van der Waals surface area contributed by atoms with Crippen LogP contribution in [0, 0.1) is 0 Å². The molecule has 22 heavy (non-hydrogen) atoms. The molecule has 0 radical (unpaired) electrons. The fourth-order valence-corrected chi connectivity index (χ4v) is 2.07. The van der Waals surface area contributed by atoms with Gasteiger partial charge in [0.25, 0.3) is 0 Å². The second kappa shape index (κ2) is 7.31. The number of carbonyl (C=O) groups is 2. The van der Waals surface area contributed by atoms with Crippen molar-refractivity contribution in [1.82, 2.24) is 0 Å². The average Bonchev–Trinajstić information content (AvgIpc) is 2.52. The highest BCUT2D eigenvalue weighted by Gasteiger charge is 2.05. The van der Waals surface area contributed by atoms with Crippen molar-refractivity contribution in [3.05, 3.63) is 60.2 Å². The minimum Gasteiger partial charge on any atom is -0.545 e. The Bertz CT molecular complexity index is 591. The molecule has 0 saturated carbocycles. The summed E-state index contributed by atoms with van der Waals surface area (Å²) in [4.78, 5) is 21.3. The number of hydrogen-bond acceptors (Lipinski definition) is 4. The van der Waals surface area contributed by atoms with Crippen molar-refractivity contribution < 1.29 is 28.9 Å². The van der Waals surface area contributed by atoms with Gasteiger partial charge in [-0.05, 0) is 0 Å². The Labute approximate surface area is 127 Å². The molecule has 2 aromatic heterocycles. The summed E-state index contributed by atoms with van der Waals surface area (Å²) in [5, 5.41) is 21.3. The first-order valence-corrected chi connectivity index (χ1v) is 6.97. The van der Waals surface area contributed by atoms with Gasteiger partial charge in [-0.3, -0.25) is 0 Å². The molecular weight excluding hydrogens is 284 g/mol. The maximum absolute atomic E-state index is 10.6. The fraction of sp³-hybridized carbons (Fsp3) is 0.250. The smallest absolute Gasteiger partial charge is 0.169 e. The summed E-state index contributed by atoms with van der Waals surface area (Å²) in [7, 11) is 0. The number of carbonyl (C=O) groups excluding carboxylic acids is 2. The zero-order valence-corrected chi connectivity index (χ0v) is 12.0. The van der Waals surface area contributed by atoms with Crippen LogP contribution in [0.25, 0.3) is 0 Å². The molecule has 0 N–H and O–H groups in total. The molecule has 6 nitrogen and oxygen atoms in total. The van der Waals surface area contributed by atoms with Crippen LogP contribution in [0.1, 0.15) is 33.6 Å². The third-order valence-corrected chi connectivity index (χ3v) is 3.34. The molecule has 0 aliphatic rings. The van der Waals surface area contributed by atoms with Gasteiger partial charge in [0, 0.05) is 48.2 Å².